The van der Waals surface area contributed by atoms with Gasteiger partial charge in [-0.15, -0.1) is 0 Å². The normalized spacial score (nSPS) is 10.3. The van der Waals surface area contributed by atoms with Crippen LogP contribution in [0.4, 0.5) is 5.82 Å². The number of rotatable bonds is 8. The number of aromatic nitrogens is 2. The molecule has 0 radical (unpaired) electrons. The van der Waals surface area contributed by atoms with E-state index in [9.17, 15) is 0 Å². The zero-order chi connectivity index (χ0) is 12.5. The van der Waals surface area contributed by atoms with E-state index < -0.39 is 0 Å². The van der Waals surface area contributed by atoms with Crippen molar-refractivity contribution in [2.24, 2.45) is 0 Å². The molecule has 17 heavy (non-hydrogen) atoms. The van der Waals surface area contributed by atoms with Crippen molar-refractivity contribution in [3.05, 3.63) is 11.9 Å². The first-order valence-corrected chi connectivity index (χ1v) is 5.66. The Hall–Kier alpha value is -1.40. The molecule has 0 aliphatic rings. The third kappa shape index (κ3) is 4.54. The van der Waals surface area contributed by atoms with Crippen molar-refractivity contribution in [1.29, 1.82) is 0 Å². The second kappa shape index (κ2) is 7.81. The van der Waals surface area contributed by atoms with Crippen LogP contribution in [-0.4, -0.2) is 48.0 Å². The summed E-state index contributed by atoms with van der Waals surface area (Å²) in [5.74, 6) is 1.34. The number of hydrogen-bond acceptors (Lipinski definition) is 6. The SMILES string of the molecule is CCOc1ncnc(NCCOCCO)c1C. The molecule has 2 N–H and O–H groups in total. The van der Waals surface area contributed by atoms with Gasteiger partial charge in [-0.05, 0) is 13.8 Å². The molecule has 0 bridgehead atoms. The Morgan fingerprint density at radius 1 is 1.35 bits per heavy atom. The van der Waals surface area contributed by atoms with Gasteiger partial charge in [-0.3, -0.25) is 0 Å². The van der Waals surface area contributed by atoms with E-state index in [0.29, 0.717) is 32.2 Å². The molecule has 1 rings (SSSR count). The van der Waals surface area contributed by atoms with Gasteiger partial charge in [0.1, 0.15) is 12.1 Å². The van der Waals surface area contributed by atoms with Gasteiger partial charge in [0.15, 0.2) is 0 Å². The number of nitrogens with one attached hydrogen (secondary N) is 1. The molecule has 6 nitrogen and oxygen atoms in total. The maximum absolute atomic E-state index is 8.54. The highest BCUT2D eigenvalue weighted by Gasteiger charge is 2.06. The lowest BCUT2D eigenvalue weighted by molar-refractivity contribution is 0.0992. The van der Waals surface area contributed by atoms with E-state index in [1.807, 2.05) is 13.8 Å². The number of ether oxygens (including phenoxy) is 2. The van der Waals surface area contributed by atoms with Crippen LogP contribution in [-0.2, 0) is 4.74 Å². The fourth-order valence-electron chi connectivity index (χ4n) is 1.30. The fraction of sp³-hybridized carbons (Fsp3) is 0.636. The molecule has 1 aromatic heterocycles. The molecule has 0 atom stereocenters. The zero-order valence-corrected chi connectivity index (χ0v) is 10.3. The van der Waals surface area contributed by atoms with E-state index in [2.05, 4.69) is 15.3 Å². The maximum atomic E-state index is 8.54. The Balaban J connectivity index is 2.44. The van der Waals surface area contributed by atoms with Crippen LogP contribution in [0.5, 0.6) is 5.88 Å². The van der Waals surface area contributed by atoms with Gasteiger partial charge < -0.3 is 19.9 Å². The molecule has 0 aliphatic carbocycles. The predicted octanol–water partition coefficient (Wildman–Crippen LogP) is 0.605. The third-order valence-electron chi connectivity index (χ3n) is 2.09. The monoisotopic (exact) mass is 241 g/mol. The standard InChI is InChI=1S/C11H19N3O3/c1-3-17-11-9(2)10(13-8-14-11)12-4-6-16-7-5-15/h8,15H,3-7H2,1-2H3,(H,12,13,14). The summed E-state index contributed by atoms with van der Waals surface area (Å²) in [6.45, 7) is 5.95. The average molecular weight is 241 g/mol. The Labute approximate surface area is 101 Å². The van der Waals surface area contributed by atoms with E-state index in [-0.39, 0.29) is 6.61 Å². The summed E-state index contributed by atoms with van der Waals surface area (Å²) < 4.78 is 10.5. The fourth-order valence-corrected chi connectivity index (χ4v) is 1.30. The second-order valence-electron chi connectivity index (χ2n) is 3.35. The molecular weight excluding hydrogens is 222 g/mol. The van der Waals surface area contributed by atoms with Crippen LogP contribution in [0.25, 0.3) is 0 Å². The van der Waals surface area contributed by atoms with Gasteiger partial charge in [0.05, 0.1) is 32.0 Å². The lowest BCUT2D eigenvalue weighted by Crippen LogP contribution is -2.13. The van der Waals surface area contributed by atoms with Crippen LogP contribution in [0, 0.1) is 6.92 Å². The van der Waals surface area contributed by atoms with Gasteiger partial charge >= 0.3 is 0 Å². The molecule has 0 saturated heterocycles. The molecule has 6 heteroatoms. The van der Waals surface area contributed by atoms with E-state index in [4.69, 9.17) is 14.6 Å². The third-order valence-corrected chi connectivity index (χ3v) is 2.09. The van der Waals surface area contributed by atoms with E-state index in [1.165, 1.54) is 6.33 Å². The van der Waals surface area contributed by atoms with Crippen molar-refractivity contribution in [2.75, 3.05) is 38.3 Å². The number of aliphatic hydroxyl groups is 1. The molecule has 96 valence electrons. The zero-order valence-electron chi connectivity index (χ0n) is 10.3. The highest BCUT2D eigenvalue weighted by Crippen LogP contribution is 2.19. The number of nitrogens with zero attached hydrogens (tertiary/aromatic N) is 2. The molecule has 0 aromatic carbocycles. The van der Waals surface area contributed by atoms with Crippen molar-refractivity contribution >= 4 is 5.82 Å². The van der Waals surface area contributed by atoms with Crippen LogP contribution in [0.3, 0.4) is 0 Å². The van der Waals surface area contributed by atoms with Crippen molar-refractivity contribution in [3.63, 3.8) is 0 Å². The largest absolute Gasteiger partial charge is 0.478 e. The van der Waals surface area contributed by atoms with Gasteiger partial charge in [-0.25, -0.2) is 9.97 Å². The average Bonchev–Trinajstić information content (AvgIpc) is 2.33. The summed E-state index contributed by atoms with van der Waals surface area (Å²) in [6, 6.07) is 0. The Morgan fingerprint density at radius 3 is 2.88 bits per heavy atom. The minimum atomic E-state index is 0.0427. The van der Waals surface area contributed by atoms with Crippen molar-refractivity contribution in [3.8, 4) is 5.88 Å². The van der Waals surface area contributed by atoms with Gasteiger partial charge in [0.2, 0.25) is 5.88 Å². The van der Waals surface area contributed by atoms with Gasteiger partial charge in [-0.1, -0.05) is 0 Å². The second-order valence-corrected chi connectivity index (χ2v) is 3.35. The molecule has 0 aliphatic heterocycles. The van der Waals surface area contributed by atoms with E-state index in [0.717, 1.165) is 11.4 Å². The Kier molecular flexibility index (Phi) is 6.27. The number of hydrogen-bond donors (Lipinski definition) is 2. The van der Waals surface area contributed by atoms with E-state index >= 15 is 0 Å². The highest BCUT2D eigenvalue weighted by molar-refractivity contribution is 5.47. The molecule has 1 heterocycles. The molecular formula is C11H19N3O3. The van der Waals surface area contributed by atoms with Gasteiger partial charge in [0.25, 0.3) is 0 Å². The summed E-state index contributed by atoms with van der Waals surface area (Å²) in [5, 5.41) is 11.7. The van der Waals surface area contributed by atoms with Crippen LogP contribution in [0.2, 0.25) is 0 Å². The van der Waals surface area contributed by atoms with Crippen LogP contribution in [0.15, 0.2) is 6.33 Å². The minimum absolute atomic E-state index is 0.0427. The Morgan fingerprint density at radius 2 is 2.18 bits per heavy atom. The summed E-state index contributed by atoms with van der Waals surface area (Å²) >= 11 is 0. The summed E-state index contributed by atoms with van der Waals surface area (Å²) in [4.78, 5) is 8.18. The lowest BCUT2D eigenvalue weighted by atomic mass is 10.3. The number of anilines is 1. The molecule has 1 aromatic rings. The molecule has 0 amide bonds. The first kappa shape index (κ1) is 13.7. The highest BCUT2D eigenvalue weighted by atomic mass is 16.5. The molecule has 0 spiro atoms. The predicted molar refractivity (Wildman–Crippen MR) is 64.3 cm³/mol. The molecule has 0 unspecified atom stereocenters. The topological polar surface area (TPSA) is 76.5 Å². The molecule has 0 saturated carbocycles. The summed E-state index contributed by atoms with van der Waals surface area (Å²) in [5.41, 5.74) is 0.886. The first-order chi connectivity index (χ1) is 8.29. The van der Waals surface area contributed by atoms with E-state index in [1.54, 1.807) is 0 Å². The van der Waals surface area contributed by atoms with Crippen LogP contribution in [0.1, 0.15) is 12.5 Å². The van der Waals surface area contributed by atoms with Crippen molar-refractivity contribution in [2.45, 2.75) is 13.8 Å². The smallest absolute Gasteiger partial charge is 0.221 e. The van der Waals surface area contributed by atoms with Crippen molar-refractivity contribution in [1.82, 2.24) is 9.97 Å². The van der Waals surface area contributed by atoms with Gasteiger partial charge in [0, 0.05) is 6.54 Å². The number of aliphatic hydroxyl groups excluding tert-OH is 1. The first-order valence-electron chi connectivity index (χ1n) is 5.66. The summed E-state index contributed by atoms with van der Waals surface area (Å²) in [6.07, 6.45) is 1.47. The lowest BCUT2D eigenvalue weighted by Gasteiger charge is -2.11. The van der Waals surface area contributed by atoms with Crippen LogP contribution < -0.4 is 10.1 Å². The van der Waals surface area contributed by atoms with Crippen molar-refractivity contribution < 1.29 is 14.6 Å². The maximum Gasteiger partial charge on any atom is 0.221 e. The van der Waals surface area contributed by atoms with Crippen LogP contribution >= 0.6 is 0 Å². The quantitative estimate of drug-likeness (QED) is 0.649. The minimum Gasteiger partial charge on any atom is -0.478 e. The Bertz CT molecular complexity index is 334. The summed E-state index contributed by atoms with van der Waals surface area (Å²) in [7, 11) is 0. The molecule has 0 fully saturated rings. The van der Waals surface area contributed by atoms with Gasteiger partial charge in [-0.2, -0.15) is 0 Å².